The van der Waals surface area contributed by atoms with Gasteiger partial charge in [0.2, 0.25) is 21.8 Å². The molecule has 9 nitrogen and oxygen atoms in total. The Morgan fingerprint density at radius 3 is 2.50 bits per heavy atom. The van der Waals surface area contributed by atoms with Gasteiger partial charge in [-0.2, -0.15) is 4.31 Å². The summed E-state index contributed by atoms with van der Waals surface area (Å²) in [6.07, 6.45) is 1.31. The topological polar surface area (TPSA) is 106 Å². The molecule has 0 amide bonds. The van der Waals surface area contributed by atoms with Crippen molar-refractivity contribution in [1.82, 2.24) is 24.6 Å². The van der Waals surface area contributed by atoms with E-state index in [0.717, 1.165) is 12.1 Å². The van der Waals surface area contributed by atoms with Crippen LogP contribution in [0.15, 0.2) is 44.2 Å². The van der Waals surface area contributed by atoms with E-state index >= 15 is 0 Å². The summed E-state index contributed by atoms with van der Waals surface area (Å²) >= 11 is 0. The third kappa shape index (κ3) is 4.45. The van der Waals surface area contributed by atoms with E-state index in [-0.39, 0.29) is 4.90 Å². The Balaban J connectivity index is 1.38. The number of hydrogen-bond acceptors (Lipinski definition) is 8. The number of nitrogens with zero attached hydrogens (tertiary/aromatic N) is 5. The van der Waals surface area contributed by atoms with Crippen LogP contribution in [0.1, 0.15) is 35.2 Å². The maximum Gasteiger partial charge on any atom is 0.248 e. The number of aromatic nitrogens is 3. The van der Waals surface area contributed by atoms with E-state index in [1.54, 1.807) is 13.8 Å². The maximum atomic E-state index is 13.1. The second kappa shape index (κ2) is 8.66. The number of sulfonamides is 1. The van der Waals surface area contributed by atoms with Gasteiger partial charge in [-0.15, -0.1) is 10.2 Å². The molecule has 0 radical (unpaired) electrons. The van der Waals surface area contributed by atoms with Crippen molar-refractivity contribution < 1.29 is 17.4 Å². The van der Waals surface area contributed by atoms with E-state index in [9.17, 15) is 8.42 Å². The molecule has 0 aliphatic carbocycles. The number of benzene rings is 1. The summed E-state index contributed by atoms with van der Waals surface area (Å²) in [5.74, 6) is 1.45. The van der Waals surface area contributed by atoms with E-state index in [4.69, 9.17) is 8.94 Å². The van der Waals surface area contributed by atoms with Crippen molar-refractivity contribution >= 4 is 10.0 Å². The van der Waals surface area contributed by atoms with Crippen LogP contribution < -0.4 is 0 Å². The van der Waals surface area contributed by atoms with Gasteiger partial charge in [-0.05, 0) is 32.4 Å². The van der Waals surface area contributed by atoms with Gasteiger partial charge >= 0.3 is 0 Å². The normalized spacial score (nSPS) is 16.6. The molecule has 3 heterocycles. The highest BCUT2D eigenvalue weighted by molar-refractivity contribution is 7.89. The zero-order valence-corrected chi connectivity index (χ0v) is 17.9. The van der Waals surface area contributed by atoms with E-state index < -0.39 is 10.0 Å². The summed E-state index contributed by atoms with van der Waals surface area (Å²) in [4.78, 5) is 2.32. The van der Waals surface area contributed by atoms with Crippen LogP contribution in [-0.2, 0) is 23.0 Å². The van der Waals surface area contributed by atoms with Crippen molar-refractivity contribution in [3.8, 4) is 0 Å². The smallest absolute Gasteiger partial charge is 0.248 e. The van der Waals surface area contributed by atoms with E-state index in [2.05, 4.69) is 20.3 Å². The summed E-state index contributed by atoms with van der Waals surface area (Å²) in [7, 11) is -3.63. The minimum atomic E-state index is -3.63. The second-order valence-corrected chi connectivity index (χ2v) is 9.31. The Kier molecular flexibility index (Phi) is 5.98. The molecule has 4 rings (SSSR count). The lowest BCUT2D eigenvalue weighted by atomic mass is 10.2. The first-order valence-corrected chi connectivity index (χ1v) is 11.4. The van der Waals surface area contributed by atoms with Crippen LogP contribution >= 0.6 is 0 Å². The van der Waals surface area contributed by atoms with Crippen molar-refractivity contribution in [2.75, 3.05) is 26.2 Å². The molecular formula is C20H25N5O4S. The summed E-state index contributed by atoms with van der Waals surface area (Å²) in [6, 6.07) is 9.97. The Morgan fingerprint density at radius 2 is 1.77 bits per heavy atom. The monoisotopic (exact) mass is 431 g/mol. The highest BCUT2D eigenvalue weighted by atomic mass is 32.2. The average Bonchev–Trinajstić information content (AvgIpc) is 3.20. The predicted octanol–water partition coefficient (Wildman–Crippen LogP) is 2.16. The van der Waals surface area contributed by atoms with Crippen LogP contribution in [0.2, 0.25) is 0 Å². The Bertz CT molecular complexity index is 1070. The maximum absolute atomic E-state index is 13.1. The van der Waals surface area contributed by atoms with Crippen LogP contribution in [0, 0.1) is 13.8 Å². The third-order valence-electron chi connectivity index (χ3n) is 5.18. The molecular weight excluding hydrogens is 406 g/mol. The van der Waals surface area contributed by atoms with Gasteiger partial charge in [0, 0.05) is 19.6 Å². The highest BCUT2D eigenvalue weighted by Crippen LogP contribution is 2.24. The van der Waals surface area contributed by atoms with Gasteiger partial charge in [0.05, 0.1) is 13.0 Å². The summed E-state index contributed by atoms with van der Waals surface area (Å²) in [5.41, 5.74) is 1.51. The van der Waals surface area contributed by atoms with Gasteiger partial charge in [-0.3, -0.25) is 4.90 Å². The fraction of sp³-hybridized carbons (Fsp3) is 0.450. The number of aryl methyl sites for hydroxylation is 2. The van der Waals surface area contributed by atoms with Crippen LogP contribution in [-0.4, -0.2) is 59.2 Å². The average molecular weight is 432 g/mol. The molecule has 30 heavy (non-hydrogen) atoms. The van der Waals surface area contributed by atoms with Crippen LogP contribution in [0.3, 0.4) is 0 Å². The van der Waals surface area contributed by atoms with Crippen LogP contribution in [0.5, 0.6) is 0 Å². The van der Waals surface area contributed by atoms with Crippen LogP contribution in [0.25, 0.3) is 0 Å². The molecule has 0 bridgehead atoms. The van der Waals surface area contributed by atoms with Gasteiger partial charge in [-0.25, -0.2) is 8.42 Å². The van der Waals surface area contributed by atoms with E-state index in [1.165, 1.54) is 4.31 Å². The van der Waals surface area contributed by atoms with Crippen molar-refractivity contribution in [2.45, 2.75) is 38.1 Å². The van der Waals surface area contributed by atoms with E-state index in [1.807, 2.05) is 30.3 Å². The lowest BCUT2D eigenvalue weighted by Crippen LogP contribution is -2.35. The molecule has 1 aliphatic heterocycles. The van der Waals surface area contributed by atoms with Crippen LogP contribution in [0.4, 0.5) is 0 Å². The molecule has 1 aliphatic rings. The molecule has 0 saturated carbocycles. The van der Waals surface area contributed by atoms with E-state index in [0.29, 0.717) is 62.3 Å². The highest BCUT2D eigenvalue weighted by Gasteiger charge is 2.32. The van der Waals surface area contributed by atoms with Gasteiger partial charge in [0.25, 0.3) is 0 Å². The number of hydrogen-bond donors (Lipinski definition) is 0. The SMILES string of the molecule is Cc1noc(C)c1S(=O)(=O)N1CCCN(Cc2nnc(Cc3ccccc3)o2)CC1. The first-order chi connectivity index (χ1) is 14.4. The third-order valence-corrected chi connectivity index (χ3v) is 7.32. The quantitative estimate of drug-likeness (QED) is 0.585. The van der Waals surface area contributed by atoms with Gasteiger partial charge < -0.3 is 8.94 Å². The summed E-state index contributed by atoms with van der Waals surface area (Å²) in [6.45, 7) is 5.95. The molecule has 0 unspecified atom stereocenters. The molecule has 0 atom stereocenters. The Labute approximate surface area is 175 Å². The molecule has 1 aromatic carbocycles. The minimum absolute atomic E-state index is 0.179. The fourth-order valence-electron chi connectivity index (χ4n) is 3.70. The molecule has 160 valence electrons. The molecule has 2 aromatic heterocycles. The minimum Gasteiger partial charge on any atom is -0.424 e. The molecule has 0 spiro atoms. The van der Waals surface area contributed by atoms with Crippen molar-refractivity contribution in [3.05, 3.63) is 59.1 Å². The molecule has 3 aromatic rings. The van der Waals surface area contributed by atoms with Gasteiger partial charge in [-0.1, -0.05) is 35.5 Å². The molecule has 10 heteroatoms. The van der Waals surface area contributed by atoms with Crippen molar-refractivity contribution in [3.63, 3.8) is 0 Å². The molecule has 1 fully saturated rings. The van der Waals surface area contributed by atoms with Crippen molar-refractivity contribution in [1.29, 1.82) is 0 Å². The number of rotatable bonds is 6. The predicted molar refractivity (Wildman–Crippen MR) is 108 cm³/mol. The summed E-state index contributed by atoms with van der Waals surface area (Å²) < 4.78 is 38.5. The zero-order chi connectivity index (χ0) is 21.1. The first-order valence-electron chi connectivity index (χ1n) is 9.94. The lowest BCUT2D eigenvalue weighted by molar-refractivity contribution is 0.247. The Hall–Kier alpha value is -2.56. The largest absolute Gasteiger partial charge is 0.424 e. The standard InChI is InChI=1S/C20H25N5O4S/c1-15-20(16(2)29-23-15)30(26,27)25-10-6-9-24(11-12-25)14-19-22-21-18(28-19)13-17-7-4-3-5-8-17/h3-5,7-8H,6,9-14H2,1-2H3. The molecule has 1 saturated heterocycles. The van der Waals surface area contributed by atoms with Gasteiger partial charge in [0.15, 0.2) is 5.76 Å². The second-order valence-electron chi connectivity index (χ2n) is 7.44. The fourth-order valence-corrected chi connectivity index (χ4v) is 5.46. The van der Waals surface area contributed by atoms with Crippen molar-refractivity contribution in [2.24, 2.45) is 0 Å². The van der Waals surface area contributed by atoms with Gasteiger partial charge in [0.1, 0.15) is 10.6 Å². The molecule has 0 N–H and O–H groups in total. The summed E-state index contributed by atoms with van der Waals surface area (Å²) in [5, 5.41) is 12.1. The Morgan fingerprint density at radius 1 is 1.00 bits per heavy atom. The zero-order valence-electron chi connectivity index (χ0n) is 17.1. The first kappa shape index (κ1) is 20.7. The lowest BCUT2D eigenvalue weighted by Gasteiger charge is -2.20.